The van der Waals surface area contributed by atoms with Crippen LogP contribution in [0.15, 0.2) is 42.5 Å². The highest BCUT2D eigenvalue weighted by atomic mass is 16.6. The quantitative estimate of drug-likeness (QED) is 0.549. The molecule has 27 heavy (non-hydrogen) atoms. The van der Waals surface area contributed by atoms with Crippen LogP contribution in [0.1, 0.15) is 43.0 Å². The second kappa shape index (κ2) is 9.52. The second-order valence-corrected chi connectivity index (χ2v) is 6.06. The van der Waals surface area contributed by atoms with E-state index in [-0.39, 0.29) is 19.0 Å². The summed E-state index contributed by atoms with van der Waals surface area (Å²) in [4.78, 5) is 34.0. The van der Waals surface area contributed by atoms with Crippen molar-refractivity contribution in [2.45, 2.75) is 40.4 Å². The monoisotopic (exact) mass is 370 g/mol. The van der Waals surface area contributed by atoms with Crippen molar-refractivity contribution >= 4 is 17.9 Å². The van der Waals surface area contributed by atoms with Crippen molar-refractivity contribution in [3.05, 3.63) is 64.7 Å². The van der Waals surface area contributed by atoms with Gasteiger partial charge in [0.15, 0.2) is 0 Å². The number of hydrogen-bond acceptors (Lipinski definition) is 6. The van der Waals surface area contributed by atoms with E-state index < -0.39 is 17.9 Å². The highest BCUT2D eigenvalue weighted by molar-refractivity contribution is 5.71. The molecule has 0 saturated carbocycles. The van der Waals surface area contributed by atoms with E-state index in [9.17, 15) is 14.4 Å². The normalized spacial score (nSPS) is 10.2. The van der Waals surface area contributed by atoms with E-state index in [1.807, 2.05) is 42.5 Å². The molecule has 0 aliphatic heterocycles. The summed E-state index contributed by atoms with van der Waals surface area (Å²) in [6.07, 6.45) is 0.626. The minimum Gasteiger partial charge on any atom is -0.461 e. The molecule has 0 saturated heterocycles. The molecule has 6 nitrogen and oxygen atoms in total. The summed E-state index contributed by atoms with van der Waals surface area (Å²) in [5, 5.41) is 0. The van der Waals surface area contributed by atoms with Gasteiger partial charge in [-0.1, -0.05) is 30.3 Å². The Morgan fingerprint density at radius 3 is 1.70 bits per heavy atom. The minimum absolute atomic E-state index is 0.0480. The number of esters is 3. The van der Waals surface area contributed by atoms with Crippen molar-refractivity contribution in [3.8, 4) is 5.75 Å². The van der Waals surface area contributed by atoms with Crippen LogP contribution in [-0.4, -0.2) is 17.9 Å². The number of benzene rings is 2. The van der Waals surface area contributed by atoms with E-state index in [4.69, 9.17) is 14.2 Å². The van der Waals surface area contributed by atoms with E-state index in [2.05, 4.69) is 0 Å². The summed E-state index contributed by atoms with van der Waals surface area (Å²) in [5.74, 6) is -1.15. The lowest BCUT2D eigenvalue weighted by atomic mass is 9.99. The maximum atomic E-state index is 11.5. The lowest BCUT2D eigenvalue weighted by molar-refractivity contribution is -0.142. The first-order chi connectivity index (χ1) is 12.8. The molecular weight excluding hydrogens is 348 g/mol. The molecule has 6 heteroatoms. The van der Waals surface area contributed by atoms with Gasteiger partial charge in [0.2, 0.25) is 0 Å². The van der Waals surface area contributed by atoms with Crippen molar-refractivity contribution in [3.63, 3.8) is 0 Å². The maximum Gasteiger partial charge on any atom is 0.308 e. The number of carbonyl (C=O) groups excluding carboxylic acids is 3. The van der Waals surface area contributed by atoms with E-state index in [1.54, 1.807) is 0 Å². The van der Waals surface area contributed by atoms with E-state index in [0.29, 0.717) is 17.5 Å². The average molecular weight is 370 g/mol. The predicted molar refractivity (Wildman–Crippen MR) is 97.9 cm³/mol. The number of carbonyl (C=O) groups is 3. The van der Waals surface area contributed by atoms with Crippen molar-refractivity contribution in [1.29, 1.82) is 0 Å². The summed E-state index contributed by atoms with van der Waals surface area (Å²) in [5.41, 5.74) is 3.09. The third kappa shape index (κ3) is 6.58. The molecule has 142 valence electrons. The van der Waals surface area contributed by atoms with E-state index in [0.717, 1.165) is 11.1 Å². The lowest BCUT2D eigenvalue weighted by Crippen LogP contribution is -2.11. The Hall–Kier alpha value is -3.15. The van der Waals surface area contributed by atoms with Crippen LogP contribution in [0.25, 0.3) is 0 Å². The molecule has 0 fully saturated rings. The molecular formula is C21H22O6. The Bertz CT molecular complexity index is 787. The number of hydrogen-bond donors (Lipinski definition) is 0. The van der Waals surface area contributed by atoms with Crippen molar-refractivity contribution < 1.29 is 28.6 Å². The third-order valence-electron chi connectivity index (χ3n) is 3.66. The molecule has 0 heterocycles. The zero-order valence-corrected chi connectivity index (χ0v) is 15.6. The van der Waals surface area contributed by atoms with Crippen molar-refractivity contribution in [2.75, 3.05) is 0 Å². The average Bonchev–Trinajstić information content (AvgIpc) is 2.60. The van der Waals surface area contributed by atoms with Crippen molar-refractivity contribution in [1.82, 2.24) is 0 Å². The molecule has 0 aliphatic carbocycles. The maximum absolute atomic E-state index is 11.5. The molecule has 0 radical (unpaired) electrons. The van der Waals surface area contributed by atoms with Gasteiger partial charge in [0.1, 0.15) is 19.0 Å². The SMILES string of the molecule is CC(=O)OCc1cc(Cc2ccccc2)cc(COC(C)=O)c1OC(C)=O. The Labute approximate surface area is 158 Å². The lowest BCUT2D eigenvalue weighted by Gasteiger charge is -2.16. The highest BCUT2D eigenvalue weighted by Crippen LogP contribution is 2.29. The van der Waals surface area contributed by atoms with Crippen LogP contribution in [0, 0.1) is 0 Å². The van der Waals surface area contributed by atoms with Crippen molar-refractivity contribution in [2.24, 2.45) is 0 Å². The van der Waals surface area contributed by atoms with Crippen LogP contribution < -0.4 is 4.74 Å². The van der Waals surface area contributed by atoms with Gasteiger partial charge in [-0.15, -0.1) is 0 Å². The molecule has 0 aromatic heterocycles. The molecule has 0 atom stereocenters. The Kier molecular flexibility index (Phi) is 7.11. The van der Waals surface area contributed by atoms with Gasteiger partial charge in [-0.05, 0) is 29.7 Å². The van der Waals surface area contributed by atoms with Gasteiger partial charge in [-0.25, -0.2) is 0 Å². The molecule has 0 N–H and O–H groups in total. The molecule has 2 aromatic carbocycles. The fourth-order valence-electron chi connectivity index (χ4n) is 2.61. The Morgan fingerprint density at radius 1 is 0.741 bits per heavy atom. The Balaban J connectivity index is 2.45. The van der Waals surface area contributed by atoms with Gasteiger partial charge in [0.25, 0.3) is 0 Å². The molecule has 0 amide bonds. The first kappa shape index (κ1) is 20.2. The van der Waals surface area contributed by atoms with Crippen LogP contribution in [0.2, 0.25) is 0 Å². The zero-order chi connectivity index (χ0) is 19.8. The smallest absolute Gasteiger partial charge is 0.308 e. The van der Waals surface area contributed by atoms with E-state index >= 15 is 0 Å². The molecule has 2 aromatic rings. The fraction of sp³-hybridized carbons (Fsp3) is 0.286. The first-order valence-corrected chi connectivity index (χ1v) is 8.49. The molecule has 0 aliphatic rings. The van der Waals surface area contributed by atoms with Gasteiger partial charge in [0.05, 0.1) is 0 Å². The summed E-state index contributed by atoms with van der Waals surface area (Å²) < 4.78 is 15.5. The van der Waals surface area contributed by atoms with Crippen LogP contribution in [0.3, 0.4) is 0 Å². The van der Waals surface area contributed by atoms with Gasteiger partial charge >= 0.3 is 17.9 Å². The summed E-state index contributed by atoms with van der Waals surface area (Å²) in [7, 11) is 0. The zero-order valence-electron chi connectivity index (χ0n) is 15.6. The number of rotatable bonds is 7. The van der Waals surface area contributed by atoms with Crippen LogP contribution in [0.4, 0.5) is 0 Å². The van der Waals surface area contributed by atoms with Gasteiger partial charge in [-0.3, -0.25) is 14.4 Å². The molecule has 0 spiro atoms. The molecule has 0 bridgehead atoms. The Morgan fingerprint density at radius 2 is 1.26 bits per heavy atom. The van der Waals surface area contributed by atoms with Crippen LogP contribution >= 0.6 is 0 Å². The topological polar surface area (TPSA) is 78.9 Å². The summed E-state index contributed by atoms with van der Waals surface area (Å²) >= 11 is 0. The second-order valence-electron chi connectivity index (χ2n) is 6.06. The molecule has 0 unspecified atom stereocenters. The van der Waals surface area contributed by atoms with Crippen LogP contribution in [0.5, 0.6) is 5.75 Å². The minimum atomic E-state index is -0.515. The van der Waals surface area contributed by atoms with E-state index in [1.165, 1.54) is 20.8 Å². The number of ether oxygens (including phenoxy) is 3. The summed E-state index contributed by atoms with van der Waals surface area (Å²) in [6, 6.07) is 13.5. The fourth-order valence-corrected chi connectivity index (χ4v) is 2.61. The summed E-state index contributed by atoms with van der Waals surface area (Å²) in [6.45, 7) is 3.79. The standard InChI is InChI=1S/C21H22O6/c1-14(22)25-12-19-10-18(9-17-7-5-4-6-8-17)11-20(13-26-15(2)23)21(19)27-16(3)24/h4-8,10-11H,9,12-13H2,1-3H3. The highest BCUT2D eigenvalue weighted by Gasteiger charge is 2.17. The molecule has 2 rings (SSSR count). The predicted octanol–water partition coefficient (Wildman–Crippen LogP) is 3.33. The van der Waals surface area contributed by atoms with Gasteiger partial charge < -0.3 is 14.2 Å². The third-order valence-corrected chi connectivity index (χ3v) is 3.66. The first-order valence-electron chi connectivity index (χ1n) is 8.49. The largest absolute Gasteiger partial charge is 0.461 e. The van der Waals surface area contributed by atoms with Gasteiger partial charge in [0, 0.05) is 31.9 Å². The van der Waals surface area contributed by atoms with Crippen LogP contribution in [-0.2, 0) is 43.5 Å². The van der Waals surface area contributed by atoms with Gasteiger partial charge in [-0.2, -0.15) is 0 Å².